The summed E-state index contributed by atoms with van der Waals surface area (Å²) in [6.45, 7) is 4.93. The number of rotatable bonds is 7. The van der Waals surface area contributed by atoms with Crippen molar-refractivity contribution in [2.24, 2.45) is 0 Å². The summed E-state index contributed by atoms with van der Waals surface area (Å²) in [6, 6.07) is 6.00. The molecule has 1 aromatic carbocycles. The van der Waals surface area contributed by atoms with E-state index in [0.29, 0.717) is 32.8 Å². The minimum atomic E-state index is -0.153. The largest absolute Gasteiger partial charge is 0.486 e. The van der Waals surface area contributed by atoms with Crippen LogP contribution in [-0.4, -0.2) is 38.9 Å². The van der Waals surface area contributed by atoms with Gasteiger partial charge in [0.05, 0.1) is 13.0 Å². The maximum absolute atomic E-state index is 11.1. The summed E-state index contributed by atoms with van der Waals surface area (Å²) in [5, 5.41) is 3.23. The maximum Gasteiger partial charge on any atom is 0.307 e. The lowest BCUT2D eigenvalue weighted by molar-refractivity contribution is -0.142. The summed E-state index contributed by atoms with van der Waals surface area (Å²) in [7, 11) is 0. The van der Waals surface area contributed by atoms with E-state index >= 15 is 0 Å². The number of fused-ring (bicyclic) bond motifs is 1. The minimum Gasteiger partial charge on any atom is -0.486 e. The number of hydrogen-bond donors (Lipinski definition) is 1. The molecule has 5 nitrogen and oxygen atoms in total. The van der Waals surface area contributed by atoms with Crippen molar-refractivity contribution in [3.63, 3.8) is 0 Å². The fourth-order valence-electron chi connectivity index (χ4n) is 2.02. The molecule has 0 amide bonds. The summed E-state index contributed by atoms with van der Waals surface area (Å²) < 4.78 is 15.9. The monoisotopic (exact) mass is 279 g/mol. The normalized spacial score (nSPS) is 13.1. The number of ether oxygens (including phenoxy) is 3. The van der Waals surface area contributed by atoms with Crippen molar-refractivity contribution in [2.75, 3.05) is 32.9 Å². The molecule has 0 saturated carbocycles. The zero-order valence-corrected chi connectivity index (χ0v) is 11.8. The molecule has 1 aliphatic rings. The summed E-state index contributed by atoms with van der Waals surface area (Å²) >= 11 is 0. The van der Waals surface area contributed by atoms with Crippen molar-refractivity contribution < 1.29 is 19.0 Å². The molecule has 0 saturated heterocycles. The molecule has 0 spiro atoms. The zero-order valence-electron chi connectivity index (χ0n) is 11.8. The molecule has 0 aliphatic carbocycles. The Bertz CT molecular complexity index is 447. The number of esters is 1. The Balaban J connectivity index is 1.68. The van der Waals surface area contributed by atoms with Crippen LogP contribution in [0.15, 0.2) is 18.2 Å². The fourth-order valence-corrected chi connectivity index (χ4v) is 2.02. The van der Waals surface area contributed by atoms with E-state index in [9.17, 15) is 4.79 Å². The van der Waals surface area contributed by atoms with Gasteiger partial charge in [-0.2, -0.15) is 0 Å². The molecule has 1 N–H and O–H groups in total. The molecule has 1 aliphatic heterocycles. The van der Waals surface area contributed by atoms with Gasteiger partial charge in [-0.25, -0.2) is 0 Å². The smallest absolute Gasteiger partial charge is 0.307 e. The summed E-state index contributed by atoms with van der Waals surface area (Å²) in [6.07, 6.45) is 1.30. The van der Waals surface area contributed by atoms with Crippen molar-refractivity contribution in [2.45, 2.75) is 19.8 Å². The number of carbonyl (C=O) groups excluding carboxylic acids is 1. The van der Waals surface area contributed by atoms with Crippen molar-refractivity contribution in [3.8, 4) is 11.5 Å². The molecule has 0 fully saturated rings. The van der Waals surface area contributed by atoms with Gasteiger partial charge in [0.1, 0.15) is 13.2 Å². The van der Waals surface area contributed by atoms with Crippen molar-refractivity contribution >= 4 is 5.97 Å². The van der Waals surface area contributed by atoms with Crippen molar-refractivity contribution in [1.82, 2.24) is 5.32 Å². The van der Waals surface area contributed by atoms with E-state index in [4.69, 9.17) is 14.2 Å². The zero-order chi connectivity index (χ0) is 14.2. The molecule has 0 radical (unpaired) electrons. The van der Waals surface area contributed by atoms with Gasteiger partial charge in [0, 0.05) is 6.54 Å². The van der Waals surface area contributed by atoms with Crippen LogP contribution < -0.4 is 14.8 Å². The highest BCUT2D eigenvalue weighted by molar-refractivity contribution is 5.69. The number of carbonyl (C=O) groups is 1. The third-order valence-corrected chi connectivity index (χ3v) is 3.01. The van der Waals surface area contributed by atoms with Crippen molar-refractivity contribution in [3.05, 3.63) is 23.8 Å². The summed E-state index contributed by atoms with van der Waals surface area (Å²) in [5.74, 6) is 1.48. The number of hydrogen-bond acceptors (Lipinski definition) is 5. The molecular weight excluding hydrogens is 258 g/mol. The van der Waals surface area contributed by atoms with Gasteiger partial charge in [-0.15, -0.1) is 0 Å². The molecule has 20 heavy (non-hydrogen) atoms. The second-order valence-corrected chi connectivity index (χ2v) is 4.53. The van der Waals surface area contributed by atoms with Gasteiger partial charge in [-0.05, 0) is 37.6 Å². The predicted octanol–water partition coefficient (Wildman–Crippen LogP) is 1.54. The highest BCUT2D eigenvalue weighted by Gasteiger charge is 2.11. The van der Waals surface area contributed by atoms with E-state index in [-0.39, 0.29) is 5.97 Å². The highest BCUT2D eigenvalue weighted by atomic mass is 16.6. The maximum atomic E-state index is 11.1. The first-order chi connectivity index (χ1) is 9.79. The average molecular weight is 279 g/mol. The molecule has 1 aromatic rings. The SMILES string of the molecule is CCOC(=O)CCNCCc1ccc2c(c1)OCCO2. The van der Waals surface area contributed by atoms with Gasteiger partial charge in [0.25, 0.3) is 0 Å². The Kier molecular flexibility index (Phi) is 5.68. The topological polar surface area (TPSA) is 56.8 Å². The van der Waals surface area contributed by atoms with Crippen LogP contribution in [0.4, 0.5) is 0 Å². The summed E-state index contributed by atoms with van der Waals surface area (Å²) in [5.41, 5.74) is 1.19. The van der Waals surface area contributed by atoms with Crippen LogP contribution in [0.5, 0.6) is 11.5 Å². The Morgan fingerprint density at radius 3 is 2.85 bits per heavy atom. The Morgan fingerprint density at radius 2 is 2.05 bits per heavy atom. The van der Waals surface area contributed by atoms with E-state index in [2.05, 4.69) is 5.32 Å². The second-order valence-electron chi connectivity index (χ2n) is 4.53. The lowest BCUT2D eigenvalue weighted by atomic mass is 10.1. The minimum absolute atomic E-state index is 0.153. The molecule has 2 rings (SSSR count). The summed E-state index contributed by atoms with van der Waals surface area (Å²) in [4.78, 5) is 11.1. The molecule has 0 aromatic heterocycles. The third-order valence-electron chi connectivity index (χ3n) is 3.01. The van der Waals surface area contributed by atoms with E-state index in [1.54, 1.807) is 0 Å². The molecule has 0 atom stereocenters. The fraction of sp³-hybridized carbons (Fsp3) is 0.533. The lowest BCUT2D eigenvalue weighted by Crippen LogP contribution is -2.22. The van der Waals surface area contributed by atoms with Crippen LogP contribution >= 0.6 is 0 Å². The highest BCUT2D eigenvalue weighted by Crippen LogP contribution is 2.30. The van der Waals surface area contributed by atoms with Gasteiger partial charge in [0.15, 0.2) is 11.5 Å². The predicted molar refractivity (Wildman–Crippen MR) is 75.3 cm³/mol. The van der Waals surface area contributed by atoms with E-state index in [1.807, 2.05) is 25.1 Å². The number of benzene rings is 1. The van der Waals surface area contributed by atoms with Gasteiger partial charge in [-0.3, -0.25) is 4.79 Å². The second kappa shape index (κ2) is 7.75. The van der Waals surface area contributed by atoms with Crippen LogP contribution in [0.3, 0.4) is 0 Å². The third kappa shape index (κ3) is 4.42. The average Bonchev–Trinajstić information content (AvgIpc) is 2.47. The van der Waals surface area contributed by atoms with Crippen molar-refractivity contribution in [1.29, 1.82) is 0 Å². The first kappa shape index (κ1) is 14.7. The van der Waals surface area contributed by atoms with Crippen LogP contribution in [0.1, 0.15) is 18.9 Å². The first-order valence-electron chi connectivity index (χ1n) is 7.04. The first-order valence-corrected chi connectivity index (χ1v) is 7.04. The van der Waals surface area contributed by atoms with E-state index in [0.717, 1.165) is 24.5 Å². The Morgan fingerprint density at radius 1 is 1.25 bits per heavy atom. The molecular formula is C15H21NO4. The lowest BCUT2D eigenvalue weighted by Gasteiger charge is -2.18. The van der Waals surface area contributed by atoms with E-state index in [1.165, 1.54) is 5.56 Å². The molecule has 0 bridgehead atoms. The van der Waals surface area contributed by atoms with Crippen LogP contribution in [0.2, 0.25) is 0 Å². The molecule has 1 heterocycles. The van der Waals surface area contributed by atoms with Crippen LogP contribution in [0.25, 0.3) is 0 Å². The standard InChI is InChI=1S/C15H21NO4/c1-2-18-15(17)6-8-16-7-5-12-3-4-13-14(11-12)20-10-9-19-13/h3-4,11,16H,2,5-10H2,1H3. The quantitative estimate of drug-likeness (QED) is 0.606. The molecule has 5 heteroatoms. The Labute approximate surface area is 119 Å². The number of nitrogens with one attached hydrogen (secondary N) is 1. The van der Waals surface area contributed by atoms with Gasteiger partial charge >= 0.3 is 5.97 Å². The van der Waals surface area contributed by atoms with Gasteiger partial charge in [-0.1, -0.05) is 6.07 Å². The molecule has 110 valence electrons. The molecule has 0 unspecified atom stereocenters. The van der Waals surface area contributed by atoms with E-state index < -0.39 is 0 Å². The van der Waals surface area contributed by atoms with Crippen LogP contribution in [-0.2, 0) is 16.0 Å². The van der Waals surface area contributed by atoms with Gasteiger partial charge in [0.2, 0.25) is 0 Å². The van der Waals surface area contributed by atoms with Gasteiger partial charge < -0.3 is 19.5 Å². The van der Waals surface area contributed by atoms with Crippen LogP contribution in [0, 0.1) is 0 Å². The Hall–Kier alpha value is -1.75.